The highest BCUT2D eigenvalue weighted by Gasteiger charge is 2.43. The van der Waals surface area contributed by atoms with Gasteiger partial charge in [-0.3, -0.25) is 4.79 Å². The van der Waals surface area contributed by atoms with Gasteiger partial charge in [-0.2, -0.15) is 0 Å². The van der Waals surface area contributed by atoms with Gasteiger partial charge in [-0.1, -0.05) is 29.3 Å². The highest BCUT2D eigenvalue weighted by molar-refractivity contribution is 7.88. The Morgan fingerprint density at radius 2 is 2.12 bits per heavy atom. The third-order valence-corrected chi connectivity index (χ3v) is 4.51. The summed E-state index contributed by atoms with van der Waals surface area (Å²) in [4.78, 5) is 11.8. The number of nitrogens with one attached hydrogen (secondary N) is 2. The predicted octanol–water partition coefficient (Wildman–Crippen LogP) is 1.25. The van der Waals surface area contributed by atoms with Crippen molar-refractivity contribution in [3.05, 3.63) is 33.8 Å². The van der Waals surface area contributed by atoms with Crippen molar-refractivity contribution in [3.63, 3.8) is 0 Å². The van der Waals surface area contributed by atoms with Crippen LogP contribution in [0, 0.1) is 0 Å². The maximum absolute atomic E-state index is 11.8. The number of rotatable bonds is 6. The van der Waals surface area contributed by atoms with Gasteiger partial charge in [-0.15, -0.1) is 0 Å². The zero-order valence-electron chi connectivity index (χ0n) is 13.1. The molecule has 2 N–H and O–H groups in total. The lowest BCUT2D eigenvalue weighted by molar-refractivity contribution is -0.173. The van der Waals surface area contributed by atoms with Gasteiger partial charge in [0.1, 0.15) is 0 Å². The van der Waals surface area contributed by atoms with E-state index in [2.05, 4.69) is 10.0 Å². The third kappa shape index (κ3) is 5.05. The van der Waals surface area contributed by atoms with E-state index in [1.165, 1.54) is 0 Å². The first kappa shape index (κ1) is 19.4. The quantitative estimate of drug-likeness (QED) is 0.754. The monoisotopic (exact) mass is 396 g/mol. The minimum atomic E-state index is -3.45. The second kappa shape index (κ2) is 7.55. The molecule has 1 fully saturated rings. The van der Waals surface area contributed by atoms with E-state index < -0.39 is 21.7 Å². The van der Waals surface area contributed by atoms with Gasteiger partial charge in [0.25, 0.3) is 0 Å². The molecule has 134 valence electrons. The molecule has 0 spiro atoms. The summed E-state index contributed by atoms with van der Waals surface area (Å²) >= 11 is 12.1. The highest BCUT2D eigenvalue weighted by atomic mass is 35.5. The fourth-order valence-corrected chi connectivity index (χ4v) is 3.19. The Hall–Kier alpha value is -0.900. The van der Waals surface area contributed by atoms with Crippen molar-refractivity contribution in [2.75, 3.05) is 26.0 Å². The number of hydrogen-bond donors (Lipinski definition) is 2. The zero-order chi connectivity index (χ0) is 18.0. The molecule has 1 amide bonds. The number of benzene rings is 1. The standard InChI is InChI=1S/C14H18Cl2N2O5S/c1-9-7-22-14(23-9,11-4-3-10(15)5-12(11)16)8-17-13(19)6-18-24(2,20)21/h3-5,9,18H,6-8H2,1-2H3,(H,17,19). The van der Waals surface area contributed by atoms with Crippen LogP contribution in [0.5, 0.6) is 0 Å². The van der Waals surface area contributed by atoms with Gasteiger partial charge in [-0.05, 0) is 19.1 Å². The van der Waals surface area contributed by atoms with E-state index in [1.54, 1.807) is 18.2 Å². The molecule has 7 nitrogen and oxygen atoms in total. The third-order valence-electron chi connectivity index (χ3n) is 3.30. The molecule has 1 aliphatic heterocycles. The van der Waals surface area contributed by atoms with Gasteiger partial charge in [0.05, 0.1) is 37.1 Å². The van der Waals surface area contributed by atoms with Crippen molar-refractivity contribution in [2.45, 2.75) is 18.8 Å². The van der Waals surface area contributed by atoms with Crippen LogP contribution in [-0.2, 0) is 30.1 Å². The van der Waals surface area contributed by atoms with E-state index in [0.717, 1.165) is 6.26 Å². The fraction of sp³-hybridized carbons (Fsp3) is 0.500. The van der Waals surface area contributed by atoms with E-state index in [-0.39, 0.29) is 19.2 Å². The predicted molar refractivity (Wildman–Crippen MR) is 90.5 cm³/mol. The number of carbonyl (C=O) groups is 1. The second-order valence-electron chi connectivity index (χ2n) is 5.49. The molecule has 0 bridgehead atoms. The smallest absolute Gasteiger partial charge is 0.235 e. The van der Waals surface area contributed by atoms with Crippen molar-refractivity contribution >= 4 is 39.1 Å². The summed E-state index contributed by atoms with van der Waals surface area (Å²) in [6.45, 7) is 1.76. The summed E-state index contributed by atoms with van der Waals surface area (Å²) in [5, 5.41) is 3.40. The van der Waals surface area contributed by atoms with Crippen molar-refractivity contribution in [1.29, 1.82) is 0 Å². The van der Waals surface area contributed by atoms with Crippen LogP contribution in [-0.4, -0.2) is 46.4 Å². The van der Waals surface area contributed by atoms with E-state index >= 15 is 0 Å². The summed E-state index contributed by atoms with van der Waals surface area (Å²) < 4.78 is 35.8. The molecule has 0 saturated carbocycles. The molecule has 1 aromatic rings. The first-order valence-electron chi connectivity index (χ1n) is 7.10. The number of halogens is 2. The van der Waals surface area contributed by atoms with Crippen molar-refractivity contribution in [3.8, 4) is 0 Å². The lowest BCUT2D eigenvalue weighted by Crippen LogP contribution is -2.45. The van der Waals surface area contributed by atoms with Gasteiger partial charge in [0.15, 0.2) is 0 Å². The average Bonchev–Trinajstić information content (AvgIpc) is 2.84. The van der Waals surface area contributed by atoms with Gasteiger partial charge in [-0.25, -0.2) is 13.1 Å². The number of sulfonamides is 1. The minimum absolute atomic E-state index is 0.0248. The maximum atomic E-state index is 11.8. The molecular weight excluding hydrogens is 379 g/mol. The molecular formula is C14H18Cl2N2O5S. The zero-order valence-corrected chi connectivity index (χ0v) is 15.5. The molecule has 2 rings (SSSR count). The Balaban J connectivity index is 2.13. The lowest BCUT2D eigenvalue weighted by atomic mass is 10.1. The molecule has 24 heavy (non-hydrogen) atoms. The molecule has 2 unspecified atom stereocenters. The molecule has 0 aliphatic carbocycles. The normalized spacial score (nSPS) is 24.1. The summed E-state index contributed by atoms with van der Waals surface area (Å²) in [7, 11) is -3.45. The SMILES string of the molecule is CC1COC(CNC(=O)CNS(C)(=O)=O)(c2ccc(Cl)cc2Cl)O1. The summed E-state index contributed by atoms with van der Waals surface area (Å²) in [6, 6.07) is 4.87. The van der Waals surface area contributed by atoms with Gasteiger partial charge in [0.2, 0.25) is 21.7 Å². The Morgan fingerprint density at radius 3 is 2.67 bits per heavy atom. The molecule has 1 aromatic carbocycles. The number of ether oxygens (including phenoxy) is 2. The minimum Gasteiger partial charge on any atom is -0.349 e. The fourth-order valence-electron chi connectivity index (χ4n) is 2.25. The van der Waals surface area contributed by atoms with E-state index in [4.69, 9.17) is 32.7 Å². The number of carbonyl (C=O) groups excluding carboxylic acids is 1. The molecule has 1 saturated heterocycles. The van der Waals surface area contributed by atoms with Crippen molar-refractivity contribution < 1.29 is 22.7 Å². The molecule has 0 aromatic heterocycles. The van der Waals surface area contributed by atoms with Gasteiger partial charge < -0.3 is 14.8 Å². The molecule has 1 heterocycles. The topological polar surface area (TPSA) is 93.7 Å². The average molecular weight is 397 g/mol. The largest absolute Gasteiger partial charge is 0.349 e. The van der Waals surface area contributed by atoms with Crippen LogP contribution in [0.2, 0.25) is 10.0 Å². The maximum Gasteiger partial charge on any atom is 0.235 e. The summed E-state index contributed by atoms with van der Waals surface area (Å²) in [6.07, 6.45) is 0.780. The number of amides is 1. The summed E-state index contributed by atoms with van der Waals surface area (Å²) in [5.74, 6) is -1.77. The second-order valence-corrected chi connectivity index (χ2v) is 8.16. The Morgan fingerprint density at radius 1 is 1.42 bits per heavy atom. The van der Waals surface area contributed by atoms with Crippen molar-refractivity contribution in [2.24, 2.45) is 0 Å². The van der Waals surface area contributed by atoms with Crippen LogP contribution in [0.3, 0.4) is 0 Å². The van der Waals surface area contributed by atoms with Crippen LogP contribution in [0.25, 0.3) is 0 Å². The molecule has 2 atom stereocenters. The summed E-state index contributed by atoms with van der Waals surface area (Å²) in [5.41, 5.74) is 0.536. The van der Waals surface area contributed by atoms with E-state index in [1.807, 2.05) is 6.92 Å². The van der Waals surface area contributed by atoms with Crippen molar-refractivity contribution in [1.82, 2.24) is 10.0 Å². The molecule has 0 radical (unpaired) electrons. The van der Waals surface area contributed by atoms with Gasteiger partial charge in [0, 0.05) is 10.6 Å². The molecule has 10 heteroatoms. The van der Waals surface area contributed by atoms with Crippen LogP contribution in [0.1, 0.15) is 12.5 Å². The first-order chi connectivity index (χ1) is 11.1. The van der Waals surface area contributed by atoms with E-state index in [9.17, 15) is 13.2 Å². The number of hydrogen-bond acceptors (Lipinski definition) is 5. The Bertz CT molecular complexity index is 728. The van der Waals surface area contributed by atoms with E-state index in [0.29, 0.717) is 22.2 Å². The van der Waals surface area contributed by atoms with Crippen LogP contribution >= 0.6 is 23.2 Å². The highest BCUT2D eigenvalue weighted by Crippen LogP contribution is 2.38. The Kier molecular flexibility index (Phi) is 6.11. The lowest BCUT2D eigenvalue weighted by Gasteiger charge is -2.29. The first-order valence-corrected chi connectivity index (χ1v) is 9.75. The van der Waals surface area contributed by atoms with Crippen LogP contribution in [0.15, 0.2) is 18.2 Å². The van der Waals surface area contributed by atoms with Gasteiger partial charge >= 0.3 is 0 Å². The Labute approximate surface area is 150 Å². The van der Waals surface area contributed by atoms with Crippen LogP contribution in [0.4, 0.5) is 0 Å². The van der Waals surface area contributed by atoms with Crippen LogP contribution < -0.4 is 10.0 Å². The molecule has 1 aliphatic rings.